The predicted molar refractivity (Wildman–Crippen MR) is 81.7 cm³/mol. The van der Waals surface area contributed by atoms with Gasteiger partial charge in [0, 0.05) is 18.3 Å². The molecular formula is C19H26O2. The van der Waals surface area contributed by atoms with Gasteiger partial charge in [0.05, 0.1) is 0 Å². The lowest BCUT2D eigenvalue weighted by atomic mass is 9.51. The summed E-state index contributed by atoms with van der Waals surface area (Å²) in [4.78, 5) is 24.2. The Bertz CT molecular complexity index is 518. The van der Waals surface area contributed by atoms with Gasteiger partial charge in [-0.25, -0.2) is 0 Å². The minimum absolute atomic E-state index is 0.0346. The lowest BCUT2D eigenvalue weighted by Crippen LogP contribution is -2.47. The van der Waals surface area contributed by atoms with Crippen molar-refractivity contribution in [3.05, 3.63) is 11.6 Å². The van der Waals surface area contributed by atoms with Crippen molar-refractivity contribution < 1.29 is 9.59 Å². The van der Waals surface area contributed by atoms with Crippen LogP contribution < -0.4 is 0 Å². The number of carbonyl (C=O) groups is 2. The molecule has 0 heterocycles. The average Bonchev–Trinajstić information content (AvgIpc) is 2.84. The molecule has 3 saturated carbocycles. The Labute approximate surface area is 127 Å². The van der Waals surface area contributed by atoms with Gasteiger partial charge in [0.15, 0.2) is 5.78 Å². The molecule has 0 aromatic rings. The minimum atomic E-state index is 0.0346. The molecule has 0 N–H and O–H groups in total. The van der Waals surface area contributed by atoms with Crippen LogP contribution in [0.3, 0.4) is 0 Å². The molecule has 0 spiro atoms. The van der Waals surface area contributed by atoms with Crippen LogP contribution in [0.15, 0.2) is 11.6 Å². The van der Waals surface area contributed by atoms with E-state index in [9.17, 15) is 9.59 Å². The van der Waals surface area contributed by atoms with Crippen molar-refractivity contribution in [1.82, 2.24) is 0 Å². The Morgan fingerprint density at radius 1 is 1.05 bits per heavy atom. The first kappa shape index (κ1) is 13.7. The summed E-state index contributed by atoms with van der Waals surface area (Å²) < 4.78 is 0. The number of carbonyl (C=O) groups excluding carboxylic acids is 2. The van der Waals surface area contributed by atoms with Crippen LogP contribution in [0.2, 0.25) is 0 Å². The Kier molecular flexibility index (Phi) is 3.13. The largest absolute Gasteiger partial charge is 0.299 e. The van der Waals surface area contributed by atoms with Crippen molar-refractivity contribution in [2.75, 3.05) is 0 Å². The second-order valence-corrected chi connectivity index (χ2v) is 7.81. The van der Waals surface area contributed by atoms with Crippen LogP contribution in [0.5, 0.6) is 0 Å². The molecule has 0 aromatic carbocycles. The number of fused-ring (bicyclic) bond motifs is 5. The van der Waals surface area contributed by atoms with Crippen LogP contribution in [0.4, 0.5) is 0 Å². The zero-order valence-electron chi connectivity index (χ0n) is 13.1. The molecule has 0 radical (unpaired) electrons. The van der Waals surface area contributed by atoms with Crippen LogP contribution in [-0.2, 0) is 9.59 Å². The van der Waals surface area contributed by atoms with E-state index in [1.807, 2.05) is 6.08 Å². The highest BCUT2D eigenvalue weighted by atomic mass is 16.1. The fourth-order valence-corrected chi connectivity index (χ4v) is 6.40. The summed E-state index contributed by atoms with van der Waals surface area (Å²) in [5.41, 5.74) is 1.48. The van der Waals surface area contributed by atoms with Gasteiger partial charge in [0.25, 0.3) is 0 Å². The summed E-state index contributed by atoms with van der Waals surface area (Å²) in [5.74, 6) is 3.72. The van der Waals surface area contributed by atoms with Gasteiger partial charge >= 0.3 is 0 Å². The molecule has 2 nitrogen and oxygen atoms in total. The third-order valence-corrected chi connectivity index (χ3v) is 7.38. The highest BCUT2D eigenvalue weighted by molar-refractivity contribution is 5.91. The van der Waals surface area contributed by atoms with E-state index in [1.165, 1.54) is 18.4 Å². The van der Waals surface area contributed by atoms with E-state index in [0.717, 1.165) is 56.8 Å². The SMILES string of the molecule is CCC12CC[C@H]3[C@@H](CCC4=CC(=O)CC[C@@H]43)[C@@H]1CCC2=O. The summed E-state index contributed by atoms with van der Waals surface area (Å²) >= 11 is 0. The van der Waals surface area contributed by atoms with Crippen molar-refractivity contribution in [3.8, 4) is 0 Å². The van der Waals surface area contributed by atoms with E-state index >= 15 is 0 Å². The van der Waals surface area contributed by atoms with E-state index in [1.54, 1.807) is 0 Å². The molecule has 4 aliphatic carbocycles. The Morgan fingerprint density at radius 2 is 1.90 bits per heavy atom. The van der Waals surface area contributed by atoms with Crippen LogP contribution in [0, 0.1) is 29.1 Å². The third kappa shape index (κ3) is 1.83. The first-order valence-electron chi connectivity index (χ1n) is 8.92. The van der Waals surface area contributed by atoms with E-state index in [0.29, 0.717) is 23.4 Å². The maximum atomic E-state index is 12.5. The fourth-order valence-electron chi connectivity index (χ4n) is 6.40. The van der Waals surface area contributed by atoms with Gasteiger partial charge in [-0.1, -0.05) is 12.5 Å². The van der Waals surface area contributed by atoms with Crippen LogP contribution in [-0.4, -0.2) is 11.6 Å². The van der Waals surface area contributed by atoms with Crippen molar-refractivity contribution in [2.24, 2.45) is 29.1 Å². The normalized spacial score (nSPS) is 45.7. The van der Waals surface area contributed by atoms with E-state index in [-0.39, 0.29) is 5.41 Å². The molecule has 4 rings (SSSR count). The number of ketones is 2. The minimum Gasteiger partial charge on any atom is -0.299 e. The maximum absolute atomic E-state index is 12.5. The standard InChI is InChI=1S/C19H26O2/c1-2-19-10-9-15-14-6-4-13(20)11-12(14)3-5-16(15)17(19)7-8-18(19)21/h11,14-17H,2-10H2,1H3/t14-,15+,16+,17-,19?/m0/s1. The van der Waals surface area contributed by atoms with Gasteiger partial charge in [-0.3, -0.25) is 9.59 Å². The molecule has 0 aromatic heterocycles. The summed E-state index contributed by atoms with van der Waals surface area (Å²) in [6.45, 7) is 2.23. The monoisotopic (exact) mass is 286 g/mol. The number of Topliss-reactive ketones (excluding diaryl/α,β-unsaturated/α-hetero) is 1. The molecule has 4 aliphatic rings. The summed E-state index contributed by atoms with van der Waals surface area (Å²) in [5, 5.41) is 0. The molecule has 0 aliphatic heterocycles. The molecule has 21 heavy (non-hydrogen) atoms. The Hall–Kier alpha value is -0.920. The van der Waals surface area contributed by atoms with Crippen LogP contribution in [0.25, 0.3) is 0 Å². The van der Waals surface area contributed by atoms with E-state index < -0.39 is 0 Å². The lowest BCUT2D eigenvalue weighted by molar-refractivity contribution is -0.133. The zero-order chi connectivity index (χ0) is 14.6. The average molecular weight is 286 g/mol. The predicted octanol–water partition coefficient (Wildman–Crippen LogP) is 4.09. The lowest BCUT2D eigenvalue weighted by Gasteiger charge is -2.52. The third-order valence-electron chi connectivity index (χ3n) is 7.38. The second kappa shape index (κ2) is 4.79. The molecule has 114 valence electrons. The van der Waals surface area contributed by atoms with Gasteiger partial charge in [-0.15, -0.1) is 0 Å². The molecule has 1 unspecified atom stereocenters. The highest BCUT2D eigenvalue weighted by Crippen LogP contribution is 2.61. The van der Waals surface area contributed by atoms with Gasteiger partial charge in [-0.05, 0) is 74.7 Å². The number of hydrogen-bond acceptors (Lipinski definition) is 2. The Morgan fingerprint density at radius 3 is 2.71 bits per heavy atom. The topological polar surface area (TPSA) is 34.1 Å². The molecule has 5 atom stereocenters. The van der Waals surface area contributed by atoms with E-state index in [2.05, 4.69) is 6.92 Å². The zero-order valence-corrected chi connectivity index (χ0v) is 13.1. The van der Waals surface area contributed by atoms with Crippen molar-refractivity contribution in [3.63, 3.8) is 0 Å². The molecule has 2 heteroatoms. The first-order chi connectivity index (χ1) is 10.2. The van der Waals surface area contributed by atoms with Gasteiger partial charge in [0.1, 0.15) is 5.78 Å². The highest BCUT2D eigenvalue weighted by Gasteiger charge is 2.57. The smallest absolute Gasteiger partial charge is 0.155 e. The van der Waals surface area contributed by atoms with Crippen molar-refractivity contribution in [2.45, 2.75) is 64.7 Å². The summed E-state index contributed by atoms with van der Waals surface area (Å²) in [6, 6.07) is 0. The molecule has 0 bridgehead atoms. The quantitative estimate of drug-likeness (QED) is 0.727. The van der Waals surface area contributed by atoms with Gasteiger partial charge in [0.2, 0.25) is 0 Å². The van der Waals surface area contributed by atoms with E-state index in [4.69, 9.17) is 0 Å². The molecular weight excluding hydrogens is 260 g/mol. The number of allylic oxidation sites excluding steroid dienone is 1. The second-order valence-electron chi connectivity index (χ2n) is 7.81. The van der Waals surface area contributed by atoms with Crippen molar-refractivity contribution in [1.29, 1.82) is 0 Å². The molecule has 0 amide bonds. The summed E-state index contributed by atoms with van der Waals surface area (Å²) in [7, 11) is 0. The van der Waals surface area contributed by atoms with Crippen LogP contribution in [0.1, 0.15) is 64.7 Å². The van der Waals surface area contributed by atoms with Gasteiger partial charge < -0.3 is 0 Å². The Balaban J connectivity index is 1.65. The first-order valence-corrected chi connectivity index (χ1v) is 8.92. The van der Waals surface area contributed by atoms with Crippen molar-refractivity contribution >= 4 is 11.6 Å². The fraction of sp³-hybridized carbons (Fsp3) is 0.789. The molecule has 0 saturated heterocycles. The van der Waals surface area contributed by atoms with Gasteiger partial charge in [-0.2, -0.15) is 0 Å². The number of rotatable bonds is 1. The maximum Gasteiger partial charge on any atom is 0.155 e. The van der Waals surface area contributed by atoms with Crippen LogP contribution >= 0.6 is 0 Å². The number of hydrogen-bond donors (Lipinski definition) is 0. The summed E-state index contributed by atoms with van der Waals surface area (Å²) in [6.07, 6.45) is 11.5. The molecule has 3 fully saturated rings.